The van der Waals surface area contributed by atoms with Gasteiger partial charge in [-0.3, -0.25) is 0 Å². The quantitative estimate of drug-likeness (QED) is 0.806. The highest BCUT2D eigenvalue weighted by Crippen LogP contribution is 2.30. The fourth-order valence-electron chi connectivity index (χ4n) is 2.56. The molecule has 0 bridgehead atoms. The number of sulfonamides is 1. The van der Waals surface area contributed by atoms with Crippen LogP contribution in [0.2, 0.25) is 0 Å². The van der Waals surface area contributed by atoms with E-state index in [0.717, 1.165) is 12.8 Å². The van der Waals surface area contributed by atoms with Crippen molar-refractivity contribution in [1.82, 2.24) is 4.31 Å². The second kappa shape index (κ2) is 5.46. The Labute approximate surface area is 119 Å². The molecular formula is C13H20ClNO3S. The van der Waals surface area contributed by atoms with Crippen molar-refractivity contribution in [2.75, 3.05) is 6.54 Å². The molecule has 0 aliphatic carbocycles. The van der Waals surface area contributed by atoms with E-state index in [0.29, 0.717) is 24.0 Å². The molecule has 0 N–H and O–H groups in total. The number of nitrogens with zero attached hydrogens (tertiary/aromatic N) is 1. The van der Waals surface area contributed by atoms with E-state index in [1.54, 1.807) is 17.3 Å². The third-order valence-electron chi connectivity index (χ3n) is 3.70. The second-order valence-corrected chi connectivity index (χ2v) is 7.50. The second-order valence-electron chi connectivity index (χ2n) is 5.37. The van der Waals surface area contributed by atoms with Crippen LogP contribution in [-0.2, 0) is 15.9 Å². The zero-order valence-corrected chi connectivity index (χ0v) is 13.1. The van der Waals surface area contributed by atoms with Gasteiger partial charge in [0.05, 0.1) is 5.88 Å². The van der Waals surface area contributed by atoms with Gasteiger partial charge in [0.15, 0.2) is 0 Å². The van der Waals surface area contributed by atoms with Gasteiger partial charge in [-0.05, 0) is 32.6 Å². The summed E-state index contributed by atoms with van der Waals surface area (Å²) >= 11 is 5.70. The van der Waals surface area contributed by atoms with Crippen LogP contribution in [0.4, 0.5) is 0 Å². The van der Waals surface area contributed by atoms with Crippen molar-refractivity contribution in [2.45, 2.75) is 50.4 Å². The van der Waals surface area contributed by atoms with E-state index in [-0.39, 0.29) is 16.8 Å². The SMILES string of the molecule is Cc1oc(CCl)cc1S(=O)(=O)N1CC(C)CCC1C. The van der Waals surface area contributed by atoms with Crippen LogP contribution in [0.1, 0.15) is 38.2 Å². The van der Waals surface area contributed by atoms with Crippen molar-refractivity contribution in [2.24, 2.45) is 5.92 Å². The van der Waals surface area contributed by atoms with Gasteiger partial charge < -0.3 is 4.42 Å². The van der Waals surface area contributed by atoms with Crippen molar-refractivity contribution in [1.29, 1.82) is 0 Å². The van der Waals surface area contributed by atoms with Crippen LogP contribution in [-0.4, -0.2) is 25.3 Å². The number of rotatable bonds is 3. The summed E-state index contributed by atoms with van der Waals surface area (Å²) in [6.45, 7) is 6.29. The van der Waals surface area contributed by atoms with Crippen LogP contribution < -0.4 is 0 Å². The first-order chi connectivity index (χ1) is 8.86. The lowest BCUT2D eigenvalue weighted by molar-refractivity contribution is 0.217. The Bertz CT molecular complexity index is 552. The number of furan rings is 1. The van der Waals surface area contributed by atoms with E-state index in [2.05, 4.69) is 6.92 Å². The highest BCUT2D eigenvalue weighted by atomic mass is 35.5. The molecule has 0 amide bonds. The maximum atomic E-state index is 12.7. The van der Waals surface area contributed by atoms with Crippen molar-refractivity contribution in [3.63, 3.8) is 0 Å². The number of hydrogen-bond donors (Lipinski definition) is 0. The number of alkyl halides is 1. The van der Waals surface area contributed by atoms with Gasteiger partial charge in [0.2, 0.25) is 10.0 Å². The molecule has 1 aromatic rings. The lowest BCUT2D eigenvalue weighted by atomic mass is 9.97. The van der Waals surface area contributed by atoms with Crippen LogP contribution >= 0.6 is 11.6 Å². The van der Waals surface area contributed by atoms with Crippen molar-refractivity contribution < 1.29 is 12.8 Å². The molecular weight excluding hydrogens is 286 g/mol. The number of aryl methyl sites for hydroxylation is 1. The molecule has 6 heteroatoms. The fraction of sp³-hybridized carbons (Fsp3) is 0.692. The van der Waals surface area contributed by atoms with E-state index in [9.17, 15) is 8.42 Å². The smallest absolute Gasteiger partial charge is 0.246 e. The average molecular weight is 306 g/mol. The summed E-state index contributed by atoms with van der Waals surface area (Å²) in [7, 11) is -3.48. The average Bonchev–Trinajstić information content (AvgIpc) is 2.74. The van der Waals surface area contributed by atoms with Crippen LogP contribution in [0.25, 0.3) is 0 Å². The first kappa shape index (κ1) is 14.9. The minimum atomic E-state index is -3.48. The predicted molar refractivity (Wildman–Crippen MR) is 74.8 cm³/mol. The molecule has 0 saturated carbocycles. The molecule has 1 fully saturated rings. The van der Waals surface area contributed by atoms with Crippen molar-refractivity contribution in [3.05, 3.63) is 17.6 Å². The molecule has 4 nitrogen and oxygen atoms in total. The molecule has 1 aliphatic rings. The first-order valence-electron chi connectivity index (χ1n) is 6.53. The molecule has 2 unspecified atom stereocenters. The van der Waals surface area contributed by atoms with Gasteiger partial charge in [0, 0.05) is 18.7 Å². The maximum absolute atomic E-state index is 12.7. The van der Waals surface area contributed by atoms with Crippen molar-refractivity contribution >= 4 is 21.6 Å². The number of halogens is 1. The molecule has 19 heavy (non-hydrogen) atoms. The van der Waals surface area contributed by atoms with Crippen LogP contribution in [0, 0.1) is 12.8 Å². The molecule has 1 aromatic heterocycles. The standard InChI is InChI=1S/C13H20ClNO3S/c1-9-4-5-10(2)15(8-9)19(16,17)13-6-12(7-14)18-11(13)3/h6,9-10H,4-5,7-8H2,1-3H3. The van der Waals surface area contributed by atoms with E-state index in [1.165, 1.54) is 0 Å². The van der Waals surface area contributed by atoms with Crippen LogP contribution in [0.3, 0.4) is 0 Å². The lowest BCUT2D eigenvalue weighted by Crippen LogP contribution is -2.44. The summed E-state index contributed by atoms with van der Waals surface area (Å²) in [5.74, 6) is 1.49. The lowest BCUT2D eigenvalue weighted by Gasteiger charge is -2.35. The summed E-state index contributed by atoms with van der Waals surface area (Å²) in [4.78, 5) is 0.254. The number of hydrogen-bond acceptors (Lipinski definition) is 3. The largest absolute Gasteiger partial charge is 0.464 e. The van der Waals surface area contributed by atoms with Crippen molar-refractivity contribution in [3.8, 4) is 0 Å². The molecule has 2 heterocycles. The third-order valence-corrected chi connectivity index (χ3v) is 6.05. The van der Waals surface area contributed by atoms with Gasteiger partial charge in [0.1, 0.15) is 16.4 Å². The summed E-state index contributed by atoms with van der Waals surface area (Å²) < 4.78 is 32.4. The Kier molecular flexibility index (Phi) is 4.28. The molecule has 0 aromatic carbocycles. The summed E-state index contributed by atoms with van der Waals surface area (Å²) in [6, 6.07) is 1.58. The molecule has 1 saturated heterocycles. The Hall–Kier alpha value is -0.520. The van der Waals surface area contributed by atoms with Crippen LogP contribution in [0.5, 0.6) is 0 Å². The summed E-state index contributed by atoms with van der Waals surface area (Å²) in [5, 5.41) is 0. The van der Waals surface area contributed by atoms with Gasteiger partial charge in [-0.25, -0.2) is 8.42 Å². The van der Waals surface area contributed by atoms with E-state index in [4.69, 9.17) is 16.0 Å². The first-order valence-corrected chi connectivity index (χ1v) is 8.50. The maximum Gasteiger partial charge on any atom is 0.246 e. The highest BCUT2D eigenvalue weighted by molar-refractivity contribution is 7.89. The Morgan fingerprint density at radius 1 is 1.42 bits per heavy atom. The monoisotopic (exact) mass is 305 g/mol. The molecule has 1 aliphatic heterocycles. The molecule has 108 valence electrons. The van der Waals surface area contributed by atoms with E-state index in [1.807, 2.05) is 6.92 Å². The Morgan fingerprint density at radius 2 is 2.11 bits per heavy atom. The molecule has 0 spiro atoms. The van der Waals surface area contributed by atoms with E-state index < -0.39 is 10.0 Å². The minimum Gasteiger partial charge on any atom is -0.464 e. The van der Waals surface area contributed by atoms with Gasteiger partial charge >= 0.3 is 0 Å². The normalized spacial score (nSPS) is 25.7. The summed E-state index contributed by atoms with van der Waals surface area (Å²) in [5.41, 5.74) is 0. The minimum absolute atomic E-state index is 0.0370. The fourth-order valence-corrected chi connectivity index (χ4v) is 4.66. The molecule has 0 radical (unpaired) electrons. The highest BCUT2D eigenvalue weighted by Gasteiger charge is 2.35. The topological polar surface area (TPSA) is 50.5 Å². The van der Waals surface area contributed by atoms with Gasteiger partial charge in [-0.1, -0.05) is 6.92 Å². The van der Waals surface area contributed by atoms with Gasteiger partial charge in [0.25, 0.3) is 0 Å². The number of piperidine rings is 1. The van der Waals surface area contributed by atoms with E-state index >= 15 is 0 Å². The predicted octanol–water partition coefficient (Wildman–Crippen LogP) is 3.14. The third kappa shape index (κ3) is 2.83. The van der Waals surface area contributed by atoms with Gasteiger partial charge in [-0.15, -0.1) is 11.6 Å². The molecule has 2 rings (SSSR count). The zero-order chi connectivity index (χ0) is 14.2. The Morgan fingerprint density at radius 3 is 2.68 bits per heavy atom. The Balaban J connectivity index is 2.37. The van der Waals surface area contributed by atoms with Crippen LogP contribution in [0.15, 0.2) is 15.4 Å². The summed E-state index contributed by atoms with van der Waals surface area (Å²) in [6.07, 6.45) is 1.98. The van der Waals surface area contributed by atoms with Gasteiger partial charge in [-0.2, -0.15) is 4.31 Å². The zero-order valence-electron chi connectivity index (χ0n) is 11.5. The molecule has 2 atom stereocenters.